The van der Waals surface area contributed by atoms with Crippen LogP contribution in [-0.4, -0.2) is 31.9 Å². The second-order valence-corrected chi connectivity index (χ2v) is 8.14. The standard InChI is InChI=1S/C15H20N4OS2/c1-10(13(20)17-15(2,3)4)22-14-16-12(18-19-14)8-7-11-6-5-9-21-11/h5-10H,1-4H3,(H,17,20)(H,16,18,19). The number of hydrogen-bond donors (Lipinski definition) is 2. The number of thiophene rings is 1. The molecule has 0 saturated carbocycles. The summed E-state index contributed by atoms with van der Waals surface area (Å²) >= 11 is 3.00. The molecule has 0 saturated heterocycles. The number of rotatable bonds is 5. The van der Waals surface area contributed by atoms with Crippen LogP contribution < -0.4 is 5.32 Å². The molecule has 0 aliphatic carbocycles. The summed E-state index contributed by atoms with van der Waals surface area (Å²) < 4.78 is 0. The maximum atomic E-state index is 12.0. The van der Waals surface area contributed by atoms with Gasteiger partial charge in [0, 0.05) is 10.4 Å². The Bertz CT molecular complexity index is 641. The molecule has 2 aromatic rings. The molecule has 5 nitrogen and oxygen atoms in total. The second-order valence-electron chi connectivity index (χ2n) is 5.85. The molecular weight excluding hydrogens is 316 g/mol. The van der Waals surface area contributed by atoms with Gasteiger partial charge in [0.05, 0.1) is 5.25 Å². The molecule has 0 aliphatic heterocycles. The molecule has 2 aromatic heterocycles. The second kappa shape index (κ2) is 7.11. The van der Waals surface area contributed by atoms with Crippen LogP contribution in [0.3, 0.4) is 0 Å². The van der Waals surface area contributed by atoms with Gasteiger partial charge in [-0.25, -0.2) is 4.98 Å². The van der Waals surface area contributed by atoms with Crippen molar-refractivity contribution in [3.63, 3.8) is 0 Å². The van der Waals surface area contributed by atoms with E-state index >= 15 is 0 Å². The third-order valence-electron chi connectivity index (χ3n) is 2.58. The number of aromatic nitrogens is 3. The number of aromatic amines is 1. The molecule has 7 heteroatoms. The summed E-state index contributed by atoms with van der Waals surface area (Å²) in [4.78, 5) is 17.6. The first kappa shape index (κ1) is 16.8. The average Bonchev–Trinajstić information content (AvgIpc) is 3.05. The van der Waals surface area contributed by atoms with Gasteiger partial charge in [-0.3, -0.25) is 9.89 Å². The monoisotopic (exact) mass is 336 g/mol. The number of thioether (sulfide) groups is 1. The number of H-pyrrole nitrogens is 1. The maximum absolute atomic E-state index is 12.0. The summed E-state index contributed by atoms with van der Waals surface area (Å²) in [5, 5.41) is 12.3. The average molecular weight is 336 g/mol. The highest BCUT2D eigenvalue weighted by atomic mass is 32.2. The lowest BCUT2D eigenvalue weighted by molar-refractivity contribution is -0.121. The highest BCUT2D eigenvalue weighted by Gasteiger charge is 2.21. The van der Waals surface area contributed by atoms with Gasteiger partial charge in [-0.15, -0.1) is 16.4 Å². The lowest BCUT2D eigenvalue weighted by atomic mass is 10.1. The molecule has 0 bridgehead atoms. The summed E-state index contributed by atoms with van der Waals surface area (Å²) in [6, 6.07) is 4.04. The Kier molecular flexibility index (Phi) is 5.42. The predicted molar refractivity (Wildman–Crippen MR) is 92.8 cm³/mol. The van der Waals surface area contributed by atoms with Crippen molar-refractivity contribution in [2.75, 3.05) is 0 Å². The van der Waals surface area contributed by atoms with E-state index in [1.54, 1.807) is 11.3 Å². The zero-order chi connectivity index (χ0) is 16.2. The van der Waals surface area contributed by atoms with Crippen LogP contribution in [0.1, 0.15) is 38.4 Å². The zero-order valence-electron chi connectivity index (χ0n) is 13.1. The number of carbonyl (C=O) groups is 1. The van der Waals surface area contributed by atoms with Gasteiger partial charge in [0.2, 0.25) is 11.1 Å². The quantitative estimate of drug-likeness (QED) is 0.821. The Morgan fingerprint density at radius 1 is 1.45 bits per heavy atom. The van der Waals surface area contributed by atoms with E-state index in [0.29, 0.717) is 11.0 Å². The van der Waals surface area contributed by atoms with E-state index in [4.69, 9.17) is 0 Å². The molecule has 118 valence electrons. The molecular formula is C15H20N4OS2. The SMILES string of the molecule is CC(Sc1n[nH]c(C=Cc2cccs2)n1)C(=O)NC(C)(C)C. The summed E-state index contributed by atoms with van der Waals surface area (Å²) in [6.07, 6.45) is 3.86. The van der Waals surface area contributed by atoms with Gasteiger partial charge in [-0.1, -0.05) is 17.8 Å². The smallest absolute Gasteiger partial charge is 0.233 e. The van der Waals surface area contributed by atoms with Gasteiger partial charge in [-0.2, -0.15) is 0 Å². The van der Waals surface area contributed by atoms with Crippen molar-refractivity contribution in [3.05, 3.63) is 28.2 Å². The summed E-state index contributed by atoms with van der Waals surface area (Å²) in [5.41, 5.74) is -0.237. The lowest BCUT2D eigenvalue weighted by Crippen LogP contribution is -2.44. The van der Waals surface area contributed by atoms with Gasteiger partial charge in [0.15, 0.2) is 0 Å². The van der Waals surface area contributed by atoms with Crippen LogP contribution >= 0.6 is 23.1 Å². The third kappa shape index (κ3) is 5.31. The summed E-state index contributed by atoms with van der Waals surface area (Å²) in [7, 11) is 0. The number of nitrogens with zero attached hydrogens (tertiary/aromatic N) is 2. The molecule has 0 spiro atoms. The van der Waals surface area contributed by atoms with Crippen molar-refractivity contribution in [2.45, 2.75) is 43.6 Å². The highest BCUT2D eigenvalue weighted by Crippen LogP contribution is 2.20. The molecule has 2 N–H and O–H groups in total. The van der Waals surface area contributed by atoms with Crippen molar-refractivity contribution in [2.24, 2.45) is 0 Å². The minimum absolute atomic E-state index is 0.0158. The highest BCUT2D eigenvalue weighted by molar-refractivity contribution is 8.00. The van der Waals surface area contributed by atoms with Gasteiger partial charge in [0.1, 0.15) is 5.82 Å². The molecule has 22 heavy (non-hydrogen) atoms. The maximum Gasteiger partial charge on any atom is 0.233 e. The van der Waals surface area contributed by atoms with Crippen LogP contribution in [0.15, 0.2) is 22.7 Å². The molecule has 2 rings (SSSR count). The molecule has 0 aliphatic rings. The van der Waals surface area contributed by atoms with Gasteiger partial charge >= 0.3 is 0 Å². The first-order valence-electron chi connectivity index (χ1n) is 6.96. The Labute approximate surface area is 138 Å². The molecule has 1 atom stereocenters. The first-order chi connectivity index (χ1) is 10.3. The van der Waals surface area contributed by atoms with Crippen molar-refractivity contribution >= 4 is 41.2 Å². The van der Waals surface area contributed by atoms with E-state index in [1.165, 1.54) is 11.8 Å². The molecule has 1 unspecified atom stereocenters. The molecule has 0 radical (unpaired) electrons. The number of carbonyl (C=O) groups excluding carboxylic acids is 1. The van der Waals surface area contributed by atoms with Crippen molar-refractivity contribution in [1.29, 1.82) is 0 Å². The number of hydrogen-bond acceptors (Lipinski definition) is 5. The van der Waals surface area contributed by atoms with Crippen LogP contribution in [0.4, 0.5) is 0 Å². The normalized spacial score (nSPS) is 13.5. The minimum atomic E-state index is -0.246. The molecule has 0 aromatic carbocycles. The van der Waals surface area contributed by atoms with Gasteiger partial charge < -0.3 is 5.32 Å². The number of nitrogens with one attached hydrogen (secondary N) is 2. The first-order valence-corrected chi connectivity index (χ1v) is 8.72. The fourth-order valence-electron chi connectivity index (χ4n) is 1.62. The molecule has 0 fully saturated rings. The van der Waals surface area contributed by atoms with E-state index in [1.807, 2.05) is 57.4 Å². The Hall–Kier alpha value is -1.60. The predicted octanol–water partition coefficient (Wildman–Crippen LogP) is 3.43. The lowest BCUT2D eigenvalue weighted by Gasteiger charge is -2.22. The fraction of sp³-hybridized carbons (Fsp3) is 0.400. The van der Waals surface area contributed by atoms with Crippen molar-refractivity contribution < 1.29 is 4.79 Å². The number of amides is 1. The third-order valence-corrected chi connectivity index (χ3v) is 4.38. The van der Waals surface area contributed by atoms with Gasteiger partial charge in [0.25, 0.3) is 0 Å². The van der Waals surface area contributed by atoms with E-state index in [-0.39, 0.29) is 16.7 Å². The van der Waals surface area contributed by atoms with E-state index in [0.717, 1.165) is 4.88 Å². The van der Waals surface area contributed by atoms with Crippen LogP contribution in [0, 0.1) is 0 Å². The molecule has 2 heterocycles. The Balaban J connectivity index is 1.93. The summed E-state index contributed by atoms with van der Waals surface area (Å²) in [5.74, 6) is 0.664. The van der Waals surface area contributed by atoms with Crippen molar-refractivity contribution in [1.82, 2.24) is 20.5 Å². The minimum Gasteiger partial charge on any atom is -0.351 e. The van der Waals surface area contributed by atoms with Crippen LogP contribution in [0.25, 0.3) is 12.2 Å². The van der Waals surface area contributed by atoms with Crippen LogP contribution in [-0.2, 0) is 4.79 Å². The topological polar surface area (TPSA) is 70.7 Å². The fourth-order valence-corrected chi connectivity index (χ4v) is 2.97. The van der Waals surface area contributed by atoms with Gasteiger partial charge in [-0.05, 0) is 51.3 Å². The van der Waals surface area contributed by atoms with E-state index in [2.05, 4.69) is 20.5 Å². The Morgan fingerprint density at radius 3 is 2.86 bits per heavy atom. The summed E-state index contributed by atoms with van der Waals surface area (Å²) in [6.45, 7) is 7.73. The van der Waals surface area contributed by atoms with E-state index < -0.39 is 0 Å². The largest absolute Gasteiger partial charge is 0.351 e. The zero-order valence-corrected chi connectivity index (χ0v) is 14.7. The van der Waals surface area contributed by atoms with Crippen molar-refractivity contribution in [3.8, 4) is 0 Å². The van der Waals surface area contributed by atoms with E-state index in [9.17, 15) is 4.79 Å². The van der Waals surface area contributed by atoms with Crippen LogP contribution in [0.2, 0.25) is 0 Å². The molecule has 1 amide bonds. The Morgan fingerprint density at radius 2 is 2.23 bits per heavy atom. The van der Waals surface area contributed by atoms with Crippen LogP contribution in [0.5, 0.6) is 0 Å².